The van der Waals surface area contributed by atoms with E-state index >= 15 is 0 Å². The monoisotopic (exact) mass is 319 g/mol. The van der Waals surface area contributed by atoms with E-state index in [9.17, 15) is 14.4 Å². The van der Waals surface area contributed by atoms with Crippen molar-refractivity contribution in [3.8, 4) is 12.3 Å². The Labute approximate surface area is 132 Å². The van der Waals surface area contributed by atoms with E-state index in [0.29, 0.717) is 11.4 Å². The first-order valence-corrected chi connectivity index (χ1v) is 7.41. The third-order valence-corrected chi connectivity index (χ3v) is 4.36. The number of hydroxylamine groups is 2. The molecule has 1 unspecified atom stereocenters. The summed E-state index contributed by atoms with van der Waals surface area (Å²) >= 11 is 1.29. The van der Waals surface area contributed by atoms with Crippen molar-refractivity contribution in [3.05, 3.63) is 52.7 Å². The molecule has 2 aromatic rings. The molecule has 22 heavy (non-hydrogen) atoms. The highest BCUT2D eigenvalue weighted by molar-refractivity contribution is 7.16. The van der Waals surface area contributed by atoms with Crippen molar-refractivity contribution in [1.82, 2.24) is 9.96 Å². The number of rotatable bonds is 4. The number of benzene rings is 1. The number of thiophene rings is 1. The molecule has 0 saturated heterocycles. The number of halogens is 1. The first-order valence-electron chi connectivity index (χ1n) is 6.60. The van der Waals surface area contributed by atoms with E-state index in [2.05, 4.69) is 11.2 Å². The number of carbonyl (C=O) groups is 1. The number of urea groups is 1. The predicted molar refractivity (Wildman–Crippen MR) is 85.3 cm³/mol. The number of hydrogen-bond donors (Lipinski definition) is 2. The lowest BCUT2D eigenvalue weighted by Gasteiger charge is -2.21. The van der Waals surface area contributed by atoms with Crippen LogP contribution in [0.3, 0.4) is 0 Å². The maximum Gasteiger partial charge on any atom is 0.455 e. The fourth-order valence-electron chi connectivity index (χ4n) is 2.03. The van der Waals surface area contributed by atoms with E-state index in [1.165, 1.54) is 30.5 Å². The van der Waals surface area contributed by atoms with E-state index in [4.69, 9.17) is 6.42 Å². The van der Waals surface area contributed by atoms with Crippen molar-refractivity contribution in [2.45, 2.75) is 6.42 Å². The molecule has 2 rings (SSSR count). The Kier molecular flexibility index (Phi) is 4.93. The number of nitrogens with zero attached hydrogens (tertiary/aromatic N) is 1. The molecule has 0 aliphatic rings. The number of amides is 2. The van der Waals surface area contributed by atoms with Gasteiger partial charge in [0.15, 0.2) is 6.54 Å². The summed E-state index contributed by atoms with van der Waals surface area (Å²) in [5, 5.41) is 13.4. The summed E-state index contributed by atoms with van der Waals surface area (Å²) in [6.45, 7) is -0.157. The van der Waals surface area contributed by atoms with Crippen LogP contribution in [0.15, 0.2) is 36.4 Å². The second-order valence-electron chi connectivity index (χ2n) is 4.73. The minimum absolute atomic E-state index is 0.157. The first-order chi connectivity index (χ1) is 10.5. The maximum absolute atomic E-state index is 12.9. The number of hydrogen-bond acceptors (Lipinski definition) is 3. The van der Waals surface area contributed by atoms with Crippen LogP contribution in [0.1, 0.15) is 10.4 Å². The van der Waals surface area contributed by atoms with E-state index in [1.807, 2.05) is 6.07 Å². The fraction of sp³-hybridized carbons (Fsp3) is 0.188. The van der Waals surface area contributed by atoms with Crippen LogP contribution in [-0.4, -0.2) is 24.8 Å². The lowest BCUT2D eigenvalue weighted by atomic mass is 10.1. The molecule has 6 heteroatoms. The van der Waals surface area contributed by atoms with Gasteiger partial charge in [-0.15, -0.1) is 6.42 Å². The molecule has 0 aliphatic heterocycles. The van der Waals surface area contributed by atoms with Crippen molar-refractivity contribution in [2.75, 3.05) is 13.6 Å². The molecular weight excluding hydrogens is 303 g/mol. The Hall–Kier alpha value is -2.20. The molecule has 0 saturated carbocycles. The van der Waals surface area contributed by atoms with Crippen LogP contribution in [0.2, 0.25) is 0 Å². The van der Waals surface area contributed by atoms with Gasteiger partial charge in [0.05, 0.1) is 0 Å². The van der Waals surface area contributed by atoms with E-state index in [1.54, 1.807) is 18.2 Å². The minimum Gasteiger partial charge on any atom is -0.306 e. The lowest BCUT2D eigenvalue weighted by molar-refractivity contribution is -0.0197. The quantitative estimate of drug-likeness (QED) is 0.394. The van der Waals surface area contributed by atoms with Gasteiger partial charge in [0, 0.05) is 24.4 Å². The molecule has 0 fully saturated rings. The molecule has 1 aromatic carbocycles. The van der Waals surface area contributed by atoms with Crippen molar-refractivity contribution < 1.29 is 14.4 Å². The Morgan fingerprint density at radius 2 is 2.05 bits per heavy atom. The lowest BCUT2D eigenvalue weighted by Crippen LogP contribution is -2.55. The van der Waals surface area contributed by atoms with Crippen LogP contribution in [0.25, 0.3) is 0 Å². The van der Waals surface area contributed by atoms with Gasteiger partial charge in [0.2, 0.25) is 5.00 Å². The summed E-state index contributed by atoms with van der Waals surface area (Å²) in [7, 11) is 1.44. The Morgan fingerprint density at radius 3 is 2.64 bits per heavy atom. The average Bonchev–Trinajstić information content (AvgIpc) is 2.98. The normalized spacial score (nSPS) is 13.2. The van der Waals surface area contributed by atoms with Crippen LogP contribution in [0.4, 0.5) is 14.2 Å². The number of nitrogens with one attached hydrogen (secondary N) is 1. The molecule has 0 spiro atoms. The molecule has 0 radical (unpaired) electrons. The smallest absolute Gasteiger partial charge is 0.306 e. The van der Waals surface area contributed by atoms with Crippen LogP contribution >= 0.6 is 11.3 Å². The highest BCUT2D eigenvalue weighted by atomic mass is 32.1. The summed E-state index contributed by atoms with van der Waals surface area (Å²) in [4.78, 5) is 12.9. The summed E-state index contributed by atoms with van der Waals surface area (Å²) in [6, 6.07) is 9.12. The van der Waals surface area contributed by atoms with Gasteiger partial charge < -0.3 is 5.32 Å². The zero-order chi connectivity index (χ0) is 16.2. The largest absolute Gasteiger partial charge is 0.455 e. The van der Waals surface area contributed by atoms with Crippen molar-refractivity contribution >= 4 is 22.4 Å². The molecule has 0 bridgehead atoms. The van der Waals surface area contributed by atoms with Gasteiger partial charge in [-0.05, 0) is 34.3 Å². The highest BCUT2D eigenvalue weighted by Crippen LogP contribution is 2.31. The average molecular weight is 319 g/mol. The topological polar surface area (TPSA) is 49.3 Å². The van der Waals surface area contributed by atoms with Gasteiger partial charge in [-0.25, -0.2) is 14.4 Å². The molecule has 0 aliphatic carbocycles. The number of carbonyl (C=O) groups excluding carboxylic acids is 1. The van der Waals surface area contributed by atoms with Gasteiger partial charge in [-0.2, -0.15) is 0 Å². The standard InChI is InChI=1S/C16H15FN2O2S/c1-3-10-19(21,16(20)18-2)15-9-8-14(22-15)11-12-4-6-13(17)7-5-12/h1,4-9,21H,10-11H2,2H3/p+1. The van der Waals surface area contributed by atoms with E-state index < -0.39 is 10.7 Å². The summed E-state index contributed by atoms with van der Waals surface area (Å²) < 4.78 is 11.9. The Bertz CT molecular complexity index is 706. The Morgan fingerprint density at radius 1 is 1.36 bits per heavy atom. The summed E-state index contributed by atoms with van der Waals surface area (Å²) in [5.41, 5.74) is 0.947. The van der Waals surface area contributed by atoms with Crippen molar-refractivity contribution in [1.29, 1.82) is 0 Å². The SMILES string of the molecule is C#CC[N+](O)(C(=O)NC)c1ccc(Cc2ccc(F)cc2)s1. The fourth-order valence-corrected chi connectivity index (χ4v) is 3.11. The summed E-state index contributed by atoms with van der Waals surface area (Å²) in [5.74, 6) is 2.03. The molecule has 1 aromatic heterocycles. The number of quaternary nitrogens is 1. The molecular formula is C16H16FN2O2S+. The molecule has 4 nitrogen and oxygen atoms in total. The van der Waals surface area contributed by atoms with Crippen LogP contribution in [0.5, 0.6) is 0 Å². The summed E-state index contributed by atoms with van der Waals surface area (Å²) in [6.07, 6.45) is 5.84. The Balaban J connectivity index is 2.24. The van der Waals surface area contributed by atoms with Gasteiger partial charge >= 0.3 is 6.03 Å². The maximum atomic E-state index is 12.9. The van der Waals surface area contributed by atoms with E-state index in [0.717, 1.165) is 10.4 Å². The third-order valence-electron chi connectivity index (χ3n) is 3.17. The second-order valence-corrected chi connectivity index (χ2v) is 5.88. The molecule has 114 valence electrons. The zero-order valence-corrected chi connectivity index (χ0v) is 12.9. The molecule has 2 amide bonds. The predicted octanol–water partition coefficient (Wildman–Crippen LogP) is 3.15. The third kappa shape index (κ3) is 3.34. The van der Waals surface area contributed by atoms with Crippen LogP contribution in [-0.2, 0) is 6.42 Å². The zero-order valence-electron chi connectivity index (χ0n) is 12.0. The highest BCUT2D eigenvalue weighted by Gasteiger charge is 2.39. The first kappa shape index (κ1) is 16.2. The van der Waals surface area contributed by atoms with Gasteiger partial charge in [0.25, 0.3) is 0 Å². The number of terminal acetylenes is 1. The van der Waals surface area contributed by atoms with Crippen LogP contribution < -0.4 is 9.96 Å². The second kappa shape index (κ2) is 6.71. The minimum atomic E-state index is -0.971. The molecule has 2 N–H and O–H groups in total. The molecule has 1 heterocycles. The van der Waals surface area contributed by atoms with Crippen LogP contribution in [0, 0.1) is 18.2 Å². The van der Waals surface area contributed by atoms with Gasteiger partial charge in [0.1, 0.15) is 5.82 Å². The molecule has 1 atom stereocenters. The van der Waals surface area contributed by atoms with Gasteiger partial charge in [-0.3, -0.25) is 0 Å². The van der Waals surface area contributed by atoms with Crippen molar-refractivity contribution in [3.63, 3.8) is 0 Å². The van der Waals surface area contributed by atoms with E-state index in [-0.39, 0.29) is 12.4 Å². The van der Waals surface area contributed by atoms with Crippen molar-refractivity contribution in [2.24, 2.45) is 0 Å². The van der Waals surface area contributed by atoms with Gasteiger partial charge in [-0.1, -0.05) is 23.5 Å².